The van der Waals surface area contributed by atoms with Crippen molar-refractivity contribution in [3.8, 4) is 0 Å². The normalized spacial score (nSPS) is 12.5. The Kier molecular flexibility index (Phi) is 7.43. The van der Waals surface area contributed by atoms with Crippen LogP contribution in [0.5, 0.6) is 0 Å². The van der Waals surface area contributed by atoms with Gasteiger partial charge >= 0.3 is 0 Å². The van der Waals surface area contributed by atoms with Gasteiger partial charge in [0.05, 0.1) is 5.02 Å². The number of nitrogens with one attached hydrogen (secondary N) is 2. The van der Waals surface area contributed by atoms with Crippen LogP contribution in [0.15, 0.2) is 12.1 Å². The first-order valence-electron chi connectivity index (χ1n) is 6.95. The molecule has 0 radical (unpaired) electrons. The van der Waals surface area contributed by atoms with Crippen molar-refractivity contribution >= 4 is 29.1 Å². The van der Waals surface area contributed by atoms with E-state index >= 15 is 0 Å². The van der Waals surface area contributed by atoms with E-state index in [2.05, 4.69) is 10.6 Å². The molecule has 1 rings (SSSR count). The first-order valence-corrected chi connectivity index (χ1v) is 7.71. The molecule has 1 atom stereocenters. The molecule has 0 bridgehead atoms. The highest BCUT2D eigenvalue weighted by atomic mass is 35.5. The molecule has 3 nitrogen and oxygen atoms in total. The van der Waals surface area contributed by atoms with Crippen LogP contribution in [0.1, 0.15) is 38.8 Å². The van der Waals surface area contributed by atoms with Gasteiger partial charge in [0.1, 0.15) is 5.82 Å². The van der Waals surface area contributed by atoms with E-state index in [9.17, 15) is 9.18 Å². The van der Waals surface area contributed by atoms with Crippen molar-refractivity contribution < 1.29 is 9.18 Å². The van der Waals surface area contributed by atoms with Gasteiger partial charge in [-0.25, -0.2) is 4.39 Å². The molecule has 1 aromatic carbocycles. The van der Waals surface area contributed by atoms with Gasteiger partial charge in [0.2, 0.25) is 5.91 Å². The fraction of sp³-hybridized carbons (Fsp3) is 0.533. The monoisotopic (exact) mass is 334 g/mol. The highest BCUT2D eigenvalue weighted by Crippen LogP contribution is 2.28. The summed E-state index contributed by atoms with van der Waals surface area (Å²) in [7, 11) is 0. The van der Waals surface area contributed by atoms with Gasteiger partial charge < -0.3 is 10.6 Å². The molecule has 0 spiro atoms. The van der Waals surface area contributed by atoms with Crippen molar-refractivity contribution in [3.63, 3.8) is 0 Å². The molecule has 0 aliphatic carbocycles. The first-order chi connectivity index (χ1) is 9.81. The number of benzene rings is 1. The molecule has 1 amide bonds. The molecule has 21 heavy (non-hydrogen) atoms. The molecule has 0 aliphatic rings. The van der Waals surface area contributed by atoms with Gasteiger partial charge in [0.25, 0.3) is 0 Å². The topological polar surface area (TPSA) is 41.1 Å². The third-order valence-corrected chi connectivity index (χ3v) is 3.63. The zero-order valence-electron chi connectivity index (χ0n) is 12.5. The van der Waals surface area contributed by atoms with Crippen LogP contribution in [0.3, 0.4) is 0 Å². The maximum absolute atomic E-state index is 13.5. The van der Waals surface area contributed by atoms with Crippen LogP contribution in [0, 0.1) is 11.7 Å². The molecular formula is C15H21Cl2FN2O. The van der Waals surface area contributed by atoms with Gasteiger partial charge in [-0.1, -0.05) is 37.0 Å². The van der Waals surface area contributed by atoms with Crippen LogP contribution in [-0.4, -0.2) is 19.0 Å². The molecule has 0 aromatic heterocycles. The van der Waals surface area contributed by atoms with E-state index in [1.165, 1.54) is 12.1 Å². The minimum atomic E-state index is -0.501. The molecule has 1 aromatic rings. The Morgan fingerprint density at radius 2 is 1.90 bits per heavy atom. The van der Waals surface area contributed by atoms with Crippen molar-refractivity contribution in [2.24, 2.45) is 5.92 Å². The Hall–Kier alpha value is -0.840. The zero-order valence-corrected chi connectivity index (χ0v) is 14.0. The second-order valence-corrected chi connectivity index (χ2v) is 6.23. The third kappa shape index (κ3) is 6.20. The Morgan fingerprint density at radius 3 is 2.52 bits per heavy atom. The minimum Gasteiger partial charge on any atom is -0.356 e. The Labute approximate surface area is 135 Å². The number of carbonyl (C=O) groups excluding carboxylic acids is 1. The number of amides is 1. The summed E-state index contributed by atoms with van der Waals surface area (Å²) in [4.78, 5) is 11.6. The van der Waals surface area contributed by atoms with Gasteiger partial charge in [-0.05, 0) is 30.5 Å². The highest BCUT2D eigenvalue weighted by Gasteiger charge is 2.13. The lowest BCUT2D eigenvalue weighted by Gasteiger charge is -2.16. The van der Waals surface area contributed by atoms with E-state index in [0.717, 1.165) is 0 Å². The summed E-state index contributed by atoms with van der Waals surface area (Å²) in [5.74, 6) is -0.0761. The number of halogens is 3. The maximum atomic E-state index is 13.5. The summed E-state index contributed by atoms with van der Waals surface area (Å²) in [5.41, 5.74) is 0.626. The van der Waals surface area contributed by atoms with Crippen LogP contribution in [0.2, 0.25) is 10.0 Å². The zero-order chi connectivity index (χ0) is 16.0. The minimum absolute atomic E-state index is 0.00298. The van der Waals surface area contributed by atoms with Crippen LogP contribution in [0.4, 0.5) is 4.39 Å². The van der Waals surface area contributed by atoms with Gasteiger partial charge in [0.15, 0.2) is 0 Å². The van der Waals surface area contributed by atoms with Gasteiger partial charge in [0, 0.05) is 30.6 Å². The van der Waals surface area contributed by atoms with Crippen molar-refractivity contribution in [2.75, 3.05) is 13.1 Å². The predicted molar refractivity (Wildman–Crippen MR) is 85.3 cm³/mol. The summed E-state index contributed by atoms with van der Waals surface area (Å²) in [6, 6.07) is 2.55. The third-order valence-electron chi connectivity index (χ3n) is 3.02. The van der Waals surface area contributed by atoms with Crippen molar-refractivity contribution in [2.45, 2.75) is 33.2 Å². The summed E-state index contributed by atoms with van der Waals surface area (Å²) in [5, 5.41) is 6.40. The second kappa shape index (κ2) is 8.57. The average Bonchev–Trinajstić information content (AvgIpc) is 2.40. The largest absolute Gasteiger partial charge is 0.356 e. The summed E-state index contributed by atoms with van der Waals surface area (Å²) in [6.07, 6.45) is 0.366. The number of hydrogen-bond acceptors (Lipinski definition) is 2. The van der Waals surface area contributed by atoms with Gasteiger partial charge in [-0.3, -0.25) is 4.79 Å². The van der Waals surface area contributed by atoms with Crippen LogP contribution >= 0.6 is 23.2 Å². The van der Waals surface area contributed by atoms with Crippen molar-refractivity contribution in [1.29, 1.82) is 0 Å². The van der Waals surface area contributed by atoms with Crippen molar-refractivity contribution in [3.05, 3.63) is 33.6 Å². The highest BCUT2D eigenvalue weighted by molar-refractivity contribution is 6.35. The van der Waals surface area contributed by atoms with E-state index in [-0.39, 0.29) is 17.0 Å². The second-order valence-electron chi connectivity index (χ2n) is 5.41. The lowest BCUT2D eigenvalue weighted by atomic mass is 10.1. The van der Waals surface area contributed by atoms with Gasteiger partial charge in [-0.2, -0.15) is 0 Å². The molecule has 6 heteroatoms. The molecule has 0 aliphatic heterocycles. The van der Waals surface area contributed by atoms with E-state index < -0.39 is 5.82 Å². The lowest BCUT2D eigenvalue weighted by Crippen LogP contribution is -2.31. The summed E-state index contributed by atoms with van der Waals surface area (Å²) >= 11 is 11.7. The fourth-order valence-corrected chi connectivity index (χ4v) is 2.34. The Bertz CT molecular complexity index is 495. The molecule has 2 N–H and O–H groups in total. The smallest absolute Gasteiger partial charge is 0.221 e. The molecule has 1 unspecified atom stereocenters. The standard InChI is InChI=1S/C15H21Cl2FN2O/c1-9(2)8-20-15(21)4-5-19-10(3)11-6-14(18)13(17)7-12(11)16/h6-7,9-10,19H,4-5,8H2,1-3H3,(H,20,21). The molecule has 0 heterocycles. The average molecular weight is 335 g/mol. The summed E-state index contributed by atoms with van der Waals surface area (Å²) < 4.78 is 13.5. The predicted octanol–water partition coefficient (Wildman–Crippen LogP) is 3.95. The first kappa shape index (κ1) is 18.2. The Morgan fingerprint density at radius 1 is 1.24 bits per heavy atom. The number of rotatable bonds is 7. The van der Waals surface area contributed by atoms with E-state index in [0.29, 0.717) is 36.0 Å². The quantitative estimate of drug-likeness (QED) is 0.741. The van der Waals surface area contributed by atoms with Crippen molar-refractivity contribution in [1.82, 2.24) is 10.6 Å². The van der Waals surface area contributed by atoms with Crippen LogP contribution in [0.25, 0.3) is 0 Å². The molecular weight excluding hydrogens is 314 g/mol. The van der Waals surface area contributed by atoms with Gasteiger partial charge in [-0.15, -0.1) is 0 Å². The molecule has 0 fully saturated rings. The van der Waals surface area contributed by atoms with E-state index in [4.69, 9.17) is 23.2 Å². The Balaban J connectivity index is 2.46. The number of hydrogen-bond donors (Lipinski definition) is 2. The van der Waals surface area contributed by atoms with E-state index in [1.54, 1.807) is 0 Å². The maximum Gasteiger partial charge on any atom is 0.221 e. The van der Waals surface area contributed by atoms with Crippen LogP contribution in [-0.2, 0) is 4.79 Å². The number of carbonyl (C=O) groups is 1. The van der Waals surface area contributed by atoms with E-state index in [1.807, 2.05) is 20.8 Å². The lowest BCUT2D eigenvalue weighted by molar-refractivity contribution is -0.121. The fourth-order valence-electron chi connectivity index (χ4n) is 1.79. The SMILES string of the molecule is CC(C)CNC(=O)CCNC(C)c1cc(F)c(Cl)cc1Cl. The molecule has 0 saturated carbocycles. The molecule has 0 saturated heterocycles. The van der Waals surface area contributed by atoms with Crippen LogP contribution < -0.4 is 10.6 Å². The molecule has 118 valence electrons. The summed E-state index contributed by atoms with van der Waals surface area (Å²) in [6.45, 7) is 7.10.